The molecule has 1 rings (SSSR count). The Morgan fingerprint density at radius 2 is 1.68 bits per heavy atom. The van der Waals surface area contributed by atoms with E-state index < -0.39 is 0 Å². The van der Waals surface area contributed by atoms with Crippen LogP contribution in [-0.4, -0.2) is 41.5 Å². The molecule has 3 nitrogen and oxygen atoms in total. The van der Waals surface area contributed by atoms with Crippen molar-refractivity contribution in [3.05, 3.63) is 34.4 Å². The Kier molecular flexibility index (Phi) is 4.88. The number of nitrogens with zero attached hydrogens (tertiary/aromatic N) is 1. The van der Waals surface area contributed by atoms with Gasteiger partial charge in [0.2, 0.25) is 0 Å². The Morgan fingerprint density at radius 1 is 1.16 bits per heavy atom. The van der Waals surface area contributed by atoms with Crippen molar-refractivity contribution in [2.24, 2.45) is 0 Å². The van der Waals surface area contributed by atoms with Crippen LogP contribution in [0.4, 0.5) is 0 Å². The summed E-state index contributed by atoms with van der Waals surface area (Å²) in [6.07, 6.45) is 0. The summed E-state index contributed by atoms with van der Waals surface area (Å²) in [4.78, 5) is 14.3. The molecule has 0 amide bonds. The lowest BCUT2D eigenvalue weighted by Crippen LogP contribution is -2.46. The molecule has 0 aliphatic heterocycles. The van der Waals surface area contributed by atoms with Gasteiger partial charge >= 0.3 is 0 Å². The van der Waals surface area contributed by atoms with Gasteiger partial charge in [0.05, 0.1) is 13.2 Å². The van der Waals surface area contributed by atoms with E-state index >= 15 is 0 Å². The monoisotopic (exact) mass is 263 g/mol. The minimum atomic E-state index is -0.386. The molecule has 19 heavy (non-hydrogen) atoms. The molecule has 0 saturated carbocycles. The minimum absolute atomic E-state index is 0.0304. The van der Waals surface area contributed by atoms with Crippen LogP contribution in [0.25, 0.3) is 0 Å². The molecular weight excluding hydrogens is 238 g/mol. The van der Waals surface area contributed by atoms with Gasteiger partial charge in [0.1, 0.15) is 0 Å². The molecule has 0 spiro atoms. The molecule has 0 aliphatic carbocycles. The molecule has 0 aromatic heterocycles. The van der Waals surface area contributed by atoms with Crippen molar-refractivity contribution in [3.63, 3.8) is 0 Å². The van der Waals surface area contributed by atoms with Gasteiger partial charge in [-0.2, -0.15) is 0 Å². The third-order valence-corrected chi connectivity index (χ3v) is 3.94. The number of aliphatic hydroxyl groups excluding tert-OH is 1. The molecule has 0 unspecified atom stereocenters. The van der Waals surface area contributed by atoms with Crippen molar-refractivity contribution in [2.75, 3.05) is 20.2 Å². The highest BCUT2D eigenvalue weighted by atomic mass is 16.3. The largest absolute Gasteiger partial charge is 0.394 e. The molecular formula is C16H25NO2. The molecule has 0 radical (unpaired) electrons. The molecule has 1 aromatic rings. The average molecular weight is 263 g/mol. The number of carbonyl (C=O) groups is 1. The predicted octanol–water partition coefficient (Wildman–Crippen LogP) is 2.50. The average Bonchev–Trinajstić information content (AvgIpc) is 2.33. The summed E-state index contributed by atoms with van der Waals surface area (Å²) in [5, 5.41) is 9.33. The van der Waals surface area contributed by atoms with Gasteiger partial charge in [-0.25, -0.2) is 0 Å². The lowest BCUT2D eigenvalue weighted by molar-refractivity contribution is 0.0659. The van der Waals surface area contributed by atoms with Crippen LogP contribution in [0.3, 0.4) is 0 Å². The maximum absolute atomic E-state index is 12.4. The summed E-state index contributed by atoms with van der Waals surface area (Å²) in [5.74, 6) is 0.102. The molecule has 3 heteroatoms. The number of hydrogen-bond donors (Lipinski definition) is 1. The number of ketones is 1. The molecule has 0 fully saturated rings. The van der Waals surface area contributed by atoms with Crippen molar-refractivity contribution < 1.29 is 9.90 Å². The first-order valence-electron chi connectivity index (χ1n) is 6.62. The van der Waals surface area contributed by atoms with E-state index in [-0.39, 0.29) is 17.9 Å². The maximum Gasteiger partial charge on any atom is 0.177 e. The van der Waals surface area contributed by atoms with Gasteiger partial charge in [-0.3, -0.25) is 9.69 Å². The minimum Gasteiger partial charge on any atom is -0.394 e. The van der Waals surface area contributed by atoms with Crippen LogP contribution in [-0.2, 0) is 0 Å². The van der Waals surface area contributed by atoms with Crippen LogP contribution < -0.4 is 0 Å². The third kappa shape index (κ3) is 3.64. The van der Waals surface area contributed by atoms with Gasteiger partial charge in [0.15, 0.2) is 5.78 Å². The molecule has 0 aliphatic rings. The van der Waals surface area contributed by atoms with Crippen LogP contribution in [0.15, 0.2) is 12.1 Å². The van der Waals surface area contributed by atoms with Crippen LogP contribution in [0.2, 0.25) is 0 Å². The normalized spacial score (nSPS) is 12.0. The van der Waals surface area contributed by atoms with E-state index in [1.54, 1.807) is 0 Å². The summed E-state index contributed by atoms with van der Waals surface area (Å²) in [7, 11) is 1.87. The SMILES string of the molecule is Cc1cc(C)c(C(=O)CN(C)C(C)(C)CO)cc1C. The van der Waals surface area contributed by atoms with Gasteiger partial charge in [0.25, 0.3) is 0 Å². The van der Waals surface area contributed by atoms with E-state index in [1.165, 1.54) is 5.56 Å². The smallest absolute Gasteiger partial charge is 0.177 e. The van der Waals surface area contributed by atoms with Gasteiger partial charge in [-0.05, 0) is 64.4 Å². The van der Waals surface area contributed by atoms with Crippen LogP contribution in [0, 0.1) is 20.8 Å². The van der Waals surface area contributed by atoms with Crippen molar-refractivity contribution in [1.29, 1.82) is 0 Å². The van der Waals surface area contributed by atoms with Crippen LogP contribution in [0.1, 0.15) is 40.9 Å². The Labute approximate surface area is 116 Å². The number of hydrogen-bond acceptors (Lipinski definition) is 3. The van der Waals surface area contributed by atoms with E-state index in [0.29, 0.717) is 6.54 Å². The first kappa shape index (κ1) is 15.9. The summed E-state index contributed by atoms with van der Waals surface area (Å²) in [6.45, 7) is 10.2. The van der Waals surface area contributed by atoms with Crippen molar-refractivity contribution in [2.45, 2.75) is 40.2 Å². The van der Waals surface area contributed by atoms with Crippen LogP contribution in [0.5, 0.6) is 0 Å². The van der Waals surface area contributed by atoms with E-state index in [9.17, 15) is 9.90 Å². The molecule has 1 N–H and O–H groups in total. The highest BCUT2D eigenvalue weighted by molar-refractivity contribution is 5.99. The fourth-order valence-corrected chi connectivity index (χ4v) is 1.90. The standard InChI is InChI=1S/C16H25NO2/c1-11-7-13(3)14(8-12(11)2)15(19)9-17(6)16(4,5)10-18/h7-8,18H,9-10H2,1-6H3. The topological polar surface area (TPSA) is 40.5 Å². The number of aryl methyl sites for hydroxylation is 3. The fraction of sp³-hybridized carbons (Fsp3) is 0.562. The second-order valence-corrected chi connectivity index (χ2v) is 6.00. The summed E-state index contributed by atoms with van der Waals surface area (Å²) in [5.41, 5.74) is 3.76. The molecule has 1 aromatic carbocycles. The number of Topliss-reactive ketones (excluding diaryl/α,β-unsaturated/α-hetero) is 1. The van der Waals surface area contributed by atoms with Crippen molar-refractivity contribution in [1.82, 2.24) is 4.90 Å². The second kappa shape index (κ2) is 5.85. The molecule has 0 atom stereocenters. The maximum atomic E-state index is 12.4. The van der Waals surface area contributed by atoms with Crippen molar-refractivity contribution in [3.8, 4) is 0 Å². The Hall–Kier alpha value is -1.19. The quantitative estimate of drug-likeness (QED) is 0.830. The predicted molar refractivity (Wildman–Crippen MR) is 78.8 cm³/mol. The van der Waals surface area contributed by atoms with E-state index in [4.69, 9.17) is 0 Å². The number of aliphatic hydroxyl groups is 1. The van der Waals surface area contributed by atoms with Gasteiger partial charge in [-0.1, -0.05) is 6.07 Å². The zero-order valence-corrected chi connectivity index (χ0v) is 12.9. The summed E-state index contributed by atoms with van der Waals surface area (Å²) in [6, 6.07) is 4.02. The van der Waals surface area contributed by atoms with Crippen LogP contribution >= 0.6 is 0 Å². The second-order valence-electron chi connectivity index (χ2n) is 6.00. The molecule has 0 bridgehead atoms. The Morgan fingerprint density at radius 3 is 2.21 bits per heavy atom. The molecule has 106 valence electrons. The highest BCUT2D eigenvalue weighted by Crippen LogP contribution is 2.18. The Balaban J connectivity index is 2.94. The lowest BCUT2D eigenvalue weighted by atomic mass is 9.97. The zero-order valence-electron chi connectivity index (χ0n) is 12.9. The van der Waals surface area contributed by atoms with E-state index in [2.05, 4.69) is 13.0 Å². The first-order chi connectivity index (χ1) is 8.69. The summed E-state index contributed by atoms with van der Waals surface area (Å²) >= 11 is 0. The van der Waals surface area contributed by atoms with Gasteiger partial charge in [0, 0.05) is 11.1 Å². The number of carbonyl (C=O) groups excluding carboxylic acids is 1. The fourth-order valence-electron chi connectivity index (χ4n) is 1.90. The number of rotatable bonds is 5. The van der Waals surface area contributed by atoms with Gasteiger partial charge < -0.3 is 5.11 Å². The first-order valence-corrected chi connectivity index (χ1v) is 6.62. The van der Waals surface area contributed by atoms with E-state index in [0.717, 1.165) is 16.7 Å². The van der Waals surface area contributed by atoms with Gasteiger partial charge in [-0.15, -0.1) is 0 Å². The molecule has 0 heterocycles. The van der Waals surface area contributed by atoms with Crippen molar-refractivity contribution >= 4 is 5.78 Å². The lowest BCUT2D eigenvalue weighted by Gasteiger charge is -2.33. The number of benzene rings is 1. The zero-order chi connectivity index (χ0) is 14.8. The highest BCUT2D eigenvalue weighted by Gasteiger charge is 2.25. The summed E-state index contributed by atoms with van der Waals surface area (Å²) < 4.78 is 0. The third-order valence-electron chi connectivity index (χ3n) is 3.94. The number of likely N-dealkylation sites (N-methyl/N-ethyl adjacent to an activating group) is 1. The van der Waals surface area contributed by atoms with E-state index in [1.807, 2.05) is 45.7 Å². The molecule has 0 saturated heterocycles. The Bertz CT molecular complexity index is 478.